The Hall–Kier alpha value is -2.04. The van der Waals surface area contributed by atoms with Gasteiger partial charge in [-0.15, -0.1) is 0 Å². The van der Waals surface area contributed by atoms with Crippen molar-refractivity contribution in [2.45, 2.75) is 33.1 Å². The first-order valence-electron chi connectivity index (χ1n) is 6.75. The number of carbonyl (C=O) groups is 2. The van der Waals surface area contributed by atoms with Crippen LogP contribution in [0.25, 0.3) is 0 Å². The van der Waals surface area contributed by atoms with Crippen LogP contribution in [0.4, 0.5) is 10.5 Å². The number of carboxylic acid groups (broad SMARTS) is 1. The summed E-state index contributed by atoms with van der Waals surface area (Å²) in [5.74, 6) is -0.556. The second kappa shape index (κ2) is 7.53. The second-order valence-electron chi connectivity index (χ2n) is 5.32. The molecular formula is C15H22N2O3. The van der Waals surface area contributed by atoms with Gasteiger partial charge < -0.3 is 15.7 Å². The maximum atomic E-state index is 11.7. The van der Waals surface area contributed by atoms with Crippen LogP contribution in [0.1, 0.15) is 38.7 Å². The zero-order valence-corrected chi connectivity index (χ0v) is 12.1. The number of urea groups is 1. The van der Waals surface area contributed by atoms with Crippen LogP contribution in [-0.2, 0) is 4.79 Å². The van der Waals surface area contributed by atoms with E-state index in [1.165, 1.54) is 0 Å². The van der Waals surface area contributed by atoms with Gasteiger partial charge in [-0.1, -0.05) is 32.9 Å². The summed E-state index contributed by atoms with van der Waals surface area (Å²) in [6.07, 6.45) is 0.0448. The quantitative estimate of drug-likeness (QED) is 0.748. The molecule has 0 bridgehead atoms. The predicted molar refractivity (Wildman–Crippen MR) is 79.0 cm³/mol. The molecule has 0 aliphatic rings. The van der Waals surface area contributed by atoms with Gasteiger partial charge in [0.1, 0.15) is 0 Å². The molecular weight excluding hydrogens is 256 g/mol. The fraction of sp³-hybridized carbons (Fsp3) is 0.467. The largest absolute Gasteiger partial charge is 0.481 e. The Morgan fingerprint density at radius 1 is 1.25 bits per heavy atom. The molecule has 5 heteroatoms. The highest BCUT2D eigenvalue weighted by Gasteiger charge is 2.09. The highest BCUT2D eigenvalue weighted by molar-refractivity contribution is 5.89. The van der Waals surface area contributed by atoms with Gasteiger partial charge in [-0.2, -0.15) is 0 Å². The van der Waals surface area contributed by atoms with Crippen molar-refractivity contribution >= 4 is 17.7 Å². The minimum atomic E-state index is -0.857. The summed E-state index contributed by atoms with van der Waals surface area (Å²) in [6, 6.07) is 7.36. The van der Waals surface area contributed by atoms with E-state index in [4.69, 9.17) is 5.11 Å². The monoisotopic (exact) mass is 278 g/mol. The van der Waals surface area contributed by atoms with Gasteiger partial charge in [0.15, 0.2) is 0 Å². The summed E-state index contributed by atoms with van der Waals surface area (Å²) >= 11 is 0. The molecule has 1 rings (SSSR count). The molecule has 110 valence electrons. The number of aliphatic carboxylic acids is 1. The van der Waals surface area contributed by atoms with Crippen LogP contribution in [0.5, 0.6) is 0 Å². The maximum absolute atomic E-state index is 11.7. The Morgan fingerprint density at radius 2 is 1.95 bits per heavy atom. The Labute approximate surface area is 119 Å². The third-order valence-corrected chi connectivity index (χ3v) is 2.95. The lowest BCUT2D eigenvalue weighted by Gasteiger charge is -2.12. The molecule has 0 aliphatic carbocycles. The van der Waals surface area contributed by atoms with E-state index in [1.807, 2.05) is 24.3 Å². The molecule has 1 aromatic rings. The molecule has 1 atom stereocenters. The predicted octanol–water partition coefficient (Wildman–Crippen LogP) is 3.04. The van der Waals surface area contributed by atoms with Gasteiger partial charge in [0, 0.05) is 18.7 Å². The number of amides is 2. The molecule has 0 heterocycles. The SMILES string of the molecule is CC(CNC(=O)Nc1cccc(C(C)C)c1)CC(=O)O. The fourth-order valence-corrected chi connectivity index (χ4v) is 1.79. The highest BCUT2D eigenvalue weighted by atomic mass is 16.4. The average Bonchev–Trinajstić information content (AvgIpc) is 2.36. The second-order valence-corrected chi connectivity index (χ2v) is 5.32. The van der Waals surface area contributed by atoms with E-state index in [2.05, 4.69) is 24.5 Å². The van der Waals surface area contributed by atoms with E-state index in [0.717, 1.165) is 11.3 Å². The minimum absolute atomic E-state index is 0.0448. The van der Waals surface area contributed by atoms with E-state index in [9.17, 15) is 9.59 Å². The van der Waals surface area contributed by atoms with Crippen molar-refractivity contribution in [3.8, 4) is 0 Å². The molecule has 0 aliphatic heterocycles. The normalized spacial score (nSPS) is 12.0. The number of hydrogen-bond donors (Lipinski definition) is 3. The summed E-state index contributed by atoms with van der Waals surface area (Å²) in [7, 11) is 0. The van der Waals surface area contributed by atoms with Crippen LogP contribution >= 0.6 is 0 Å². The lowest BCUT2D eigenvalue weighted by molar-refractivity contribution is -0.137. The van der Waals surface area contributed by atoms with Crippen LogP contribution < -0.4 is 10.6 Å². The van der Waals surface area contributed by atoms with Crippen LogP contribution in [0, 0.1) is 5.92 Å². The average molecular weight is 278 g/mol. The molecule has 5 nitrogen and oxygen atoms in total. The molecule has 20 heavy (non-hydrogen) atoms. The fourth-order valence-electron chi connectivity index (χ4n) is 1.79. The minimum Gasteiger partial charge on any atom is -0.481 e. The van der Waals surface area contributed by atoms with Gasteiger partial charge in [-0.3, -0.25) is 4.79 Å². The molecule has 2 amide bonds. The summed E-state index contributed by atoms with van der Waals surface area (Å²) in [5.41, 5.74) is 1.89. The van der Waals surface area contributed by atoms with Gasteiger partial charge in [0.2, 0.25) is 0 Å². The summed E-state index contributed by atoms with van der Waals surface area (Å²) in [4.78, 5) is 22.2. The maximum Gasteiger partial charge on any atom is 0.319 e. The number of rotatable bonds is 6. The van der Waals surface area contributed by atoms with Crippen molar-refractivity contribution in [3.63, 3.8) is 0 Å². The topological polar surface area (TPSA) is 78.4 Å². The van der Waals surface area contributed by atoms with Gasteiger partial charge in [0.05, 0.1) is 0 Å². The molecule has 0 saturated carbocycles. The van der Waals surface area contributed by atoms with E-state index >= 15 is 0 Å². The van der Waals surface area contributed by atoms with Gasteiger partial charge >= 0.3 is 12.0 Å². The van der Waals surface area contributed by atoms with Crippen molar-refractivity contribution in [2.75, 3.05) is 11.9 Å². The first-order chi connectivity index (χ1) is 9.38. The molecule has 0 fully saturated rings. The molecule has 0 aromatic heterocycles. The number of benzene rings is 1. The first-order valence-corrected chi connectivity index (χ1v) is 6.75. The van der Waals surface area contributed by atoms with Crippen molar-refractivity contribution in [1.82, 2.24) is 5.32 Å². The zero-order chi connectivity index (χ0) is 15.1. The van der Waals surface area contributed by atoms with Crippen molar-refractivity contribution < 1.29 is 14.7 Å². The summed E-state index contributed by atoms with van der Waals surface area (Å²) in [6.45, 7) is 6.30. The molecule has 0 saturated heterocycles. The summed E-state index contributed by atoms with van der Waals surface area (Å²) < 4.78 is 0. The number of anilines is 1. The number of carbonyl (C=O) groups excluding carboxylic acids is 1. The van der Waals surface area contributed by atoms with Crippen LogP contribution in [0.2, 0.25) is 0 Å². The number of hydrogen-bond acceptors (Lipinski definition) is 2. The van der Waals surface area contributed by atoms with Crippen LogP contribution in [0.15, 0.2) is 24.3 Å². The Balaban J connectivity index is 2.46. The lowest BCUT2D eigenvalue weighted by atomic mass is 10.0. The van der Waals surface area contributed by atoms with Gasteiger partial charge in [-0.05, 0) is 29.5 Å². The highest BCUT2D eigenvalue weighted by Crippen LogP contribution is 2.18. The lowest BCUT2D eigenvalue weighted by Crippen LogP contribution is -2.33. The molecule has 1 aromatic carbocycles. The zero-order valence-electron chi connectivity index (χ0n) is 12.1. The summed E-state index contributed by atoms with van der Waals surface area (Å²) in [5, 5.41) is 14.1. The van der Waals surface area contributed by atoms with Crippen molar-refractivity contribution in [2.24, 2.45) is 5.92 Å². The van der Waals surface area contributed by atoms with Crippen molar-refractivity contribution in [1.29, 1.82) is 0 Å². The van der Waals surface area contributed by atoms with Crippen LogP contribution in [-0.4, -0.2) is 23.7 Å². The van der Waals surface area contributed by atoms with E-state index < -0.39 is 5.97 Å². The Kier molecular flexibility index (Phi) is 6.03. The number of carboxylic acids is 1. The molecule has 1 unspecified atom stereocenters. The third-order valence-electron chi connectivity index (χ3n) is 2.95. The van der Waals surface area contributed by atoms with E-state index in [0.29, 0.717) is 12.5 Å². The molecule has 3 N–H and O–H groups in total. The standard InChI is InChI=1S/C15H22N2O3/c1-10(2)12-5-4-6-13(8-12)17-15(20)16-9-11(3)7-14(18)19/h4-6,8,10-11H,7,9H2,1-3H3,(H,18,19)(H2,16,17,20). The molecule has 0 spiro atoms. The molecule has 0 radical (unpaired) electrons. The van der Waals surface area contributed by atoms with Crippen molar-refractivity contribution in [3.05, 3.63) is 29.8 Å². The Morgan fingerprint density at radius 3 is 2.55 bits per heavy atom. The van der Waals surface area contributed by atoms with Gasteiger partial charge in [-0.25, -0.2) is 4.79 Å². The van der Waals surface area contributed by atoms with Gasteiger partial charge in [0.25, 0.3) is 0 Å². The van der Waals surface area contributed by atoms with E-state index in [1.54, 1.807) is 6.92 Å². The third kappa shape index (κ3) is 5.73. The smallest absolute Gasteiger partial charge is 0.319 e. The number of nitrogens with one attached hydrogen (secondary N) is 2. The van der Waals surface area contributed by atoms with E-state index in [-0.39, 0.29) is 18.4 Å². The first kappa shape index (κ1) is 16.0. The van der Waals surface area contributed by atoms with Crippen LogP contribution in [0.3, 0.4) is 0 Å². The Bertz CT molecular complexity index is 472.